The molecule has 1 fully saturated rings. The summed E-state index contributed by atoms with van der Waals surface area (Å²) in [6.07, 6.45) is 0. The second-order valence-corrected chi connectivity index (χ2v) is 4.72. The van der Waals surface area contributed by atoms with Gasteiger partial charge in [0, 0.05) is 25.2 Å². The van der Waals surface area contributed by atoms with E-state index in [1.165, 1.54) is 0 Å². The summed E-state index contributed by atoms with van der Waals surface area (Å²) in [7, 11) is 0. The fourth-order valence-electron chi connectivity index (χ4n) is 1.46. The molecule has 5 nitrogen and oxygen atoms in total. The summed E-state index contributed by atoms with van der Waals surface area (Å²) in [4.78, 5) is 13.4. The van der Waals surface area contributed by atoms with Crippen LogP contribution >= 0.6 is 0 Å². The van der Waals surface area contributed by atoms with Crippen LogP contribution in [-0.2, 0) is 0 Å². The van der Waals surface area contributed by atoms with Gasteiger partial charge >= 0.3 is 6.03 Å². The number of amides is 2. The maximum absolute atomic E-state index is 11.8. The first kappa shape index (κ1) is 11.8. The maximum atomic E-state index is 11.8. The van der Waals surface area contributed by atoms with Gasteiger partial charge in [0.05, 0.1) is 6.07 Å². The van der Waals surface area contributed by atoms with Gasteiger partial charge in [-0.2, -0.15) is 5.26 Å². The fourth-order valence-corrected chi connectivity index (χ4v) is 1.46. The fraction of sp³-hybridized carbons (Fsp3) is 0.800. The van der Waals surface area contributed by atoms with Crippen molar-refractivity contribution < 1.29 is 4.79 Å². The summed E-state index contributed by atoms with van der Waals surface area (Å²) < 4.78 is 0. The van der Waals surface area contributed by atoms with Crippen LogP contribution in [0.2, 0.25) is 0 Å². The zero-order valence-electron chi connectivity index (χ0n) is 9.50. The molecule has 0 saturated carbocycles. The van der Waals surface area contributed by atoms with Crippen molar-refractivity contribution in [2.75, 3.05) is 19.6 Å². The van der Waals surface area contributed by atoms with Gasteiger partial charge in [-0.15, -0.1) is 0 Å². The Balaban J connectivity index is 2.61. The zero-order chi connectivity index (χ0) is 11.5. The van der Waals surface area contributed by atoms with Crippen LogP contribution in [0.25, 0.3) is 0 Å². The SMILES string of the molecule is CC(C)(C)NC(=O)N1CCNCC1C#N. The molecule has 1 atom stereocenters. The number of carbonyl (C=O) groups is 1. The molecule has 15 heavy (non-hydrogen) atoms. The van der Waals surface area contributed by atoms with Gasteiger partial charge in [0.25, 0.3) is 0 Å². The summed E-state index contributed by atoms with van der Waals surface area (Å²) in [5, 5.41) is 14.8. The summed E-state index contributed by atoms with van der Waals surface area (Å²) in [6.45, 7) is 7.65. The predicted molar refractivity (Wildman–Crippen MR) is 57.3 cm³/mol. The van der Waals surface area contributed by atoms with E-state index in [1.807, 2.05) is 20.8 Å². The van der Waals surface area contributed by atoms with E-state index in [1.54, 1.807) is 4.90 Å². The highest BCUT2D eigenvalue weighted by atomic mass is 16.2. The minimum absolute atomic E-state index is 0.157. The van der Waals surface area contributed by atoms with Gasteiger partial charge < -0.3 is 15.5 Å². The van der Waals surface area contributed by atoms with Gasteiger partial charge in [-0.25, -0.2) is 4.79 Å². The number of nitrogens with zero attached hydrogens (tertiary/aromatic N) is 2. The van der Waals surface area contributed by atoms with Crippen molar-refractivity contribution >= 4 is 6.03 Å². The van der Waals surface area contributed by atoms with Crippen LogP contribution in [0, 0.1) is 11.3 Å². The van der Waals surface area contributed by atoms with Crippen molar-refractivity contribution in [3.8, 4) is 6.07 Å². The number of nitrogens with one attached hydrogen (secondary N) is 2. The van der Waals surface area contributed by atoms with Gasteiger partial charge in [-0.1, -0.05) is 0 Å². The first-order valence-corrected chi connectivity index (χ1v) is 5.13. The molecular weight excluding hydrogens is 192 g/mol. The second kappa shape index (κ2) is 4.49. The number of nitriles is 1. The van der Waals surface area contributed by atoms with Crippen LogP contribution in [0.3, 0.4) is 0 Å². The summed E-state index contributed by atoms with van der Waals surface area (Å²) >= 11 is 0. The number of piperazine rings is 1. The molecule has 1 aliphatic heterocycles. The normalized spacial score (nSPS) is 22.0. The third kappa shape index (κ3) is 3.40. The van der Waals surface area contributed by atoms with E-state index in [0.29, 0.717) is 13.1 Å². The largest absolute Gasteiger partial charge is 0.333 e. The van der Waals surface area contributed by atoms with E-state index in [2.05, 4.69) is 16.7 Å². The third-order valence-corrected chi connectivity index (χ3v) is 2.14. The molecule has 1 rings (SSSR count). The smallest absolute Gasteiger partial charge is 0.318 e. The van der Waals surface area contributed by atoms with E-state index in [-0.39, 0.29) is 17.6 Å². The Bertz CT molecular complexity index is 276. The molecule has 2 amide bonds. The van der Waals surface area contributed by atoms with Gasteiger partial charge in [-0.05, 0) is 20.8 Å². The first-order valence-electron chi connectivity index (χ1n) is 5.13. The van der Waals surface area contributed by atoms with Crippen molar-refractivity contribution in [1.82, 2.24) is 15.5 Å². The second-order valence-electron chi connectivity index (χ2n) is 4.72. The first-order chi connectivity index (χ1) is 6.94. The number of urea groups is 1. The van der Waals surface area contributed by atoms with E-state index in [0.717, 1.165) is 6.54 Å². The Morgan fingerprint density at radius 1 is 1.60 bits per heavy atom. The molecule has 84 valence electrons. The maximum Gasteiger partial charge on any atom is 0.318 e. The average molecular weight is 210 g/mol. The number of hydrogen-bond donors (Lipinski definition) is 2. The molecule has 0 aromatic rings. The van der Waals surface area contributed by atoms with Crippen molar-refractivity contribution in [3.63, 3.8) is 0 Å². The topological polar surface area (TPSA) is 68.2 Å². The van der Waals surface area contributed by atoms with Gasteiger partial charge in [0.15, 0.2) is 0 Å². The molecule has 1 saturated heterocycles. The predicted octanol–water partition coefficient (Wildman–Crippen LogP) is 0.292. The molecular formula is C10H18N4O. The Morgan fingerprint density at radius 3 is 2.80 bits per heavy atom. The van der Waals surface area contributed by atoms with Crippen LogP contribution in [0.15, 0.2) is 0 Å². The van der Waals surface area contributed by atoms with Crippen molar-refractivity contribution in [1.29, 1.82) is 5.26 Å². The Labute approximate surface area is 90.4 Å². The molecule has 5 heteroatoms. The minimum Gasteiger partial charge on any atom is -0.333 e. The van der Waals surface area contributed by atoms with E-state index in [4.69, 9.17) is 5.26 Å². The summed E-state index contributed by atoms with van der Waals surface area (Å²) in [6, 6.07) is 1.61. The monoisotopic (exact) mass is 210 g/mol. The quantitative estimate of drug-likeness (QED) is 0.604. The molecule has 0 aromatic carbocycles. The molecule has 0 bridgehead atoms. The van der Waals surface area contributed by atoms with Crippen LogP contribution in [0.4, 0.5) is 4.79 Å². The van der Waals surface area contributed by atoms with E-state index < -0.39 is 0 Å². The lowest BCUT2D eigenvalue weighted by Crippen LogP contribution is -2.58. The molecule has 1 aliphatic rings. The lowest BCUT2D eigenvalue weighted by Gasteiger charge is -2.34. The van der Waals surface area contributed by atoms with Crippen LogP contribution < -0.4 is 10.6 Å². The van der Waals surface area contributed by atoms with E-state index >= 15 is 0 Å². The highest BCUT2D eigenvalue weighted by molar-refractivity contribution is 5.75. The molecule has 0 aromatic heterocycles. The van der Waals surface area contributed by atoms with Gasteiger partial charge in [0.1, 0.15) is 6.04 Å². The van der Waals surface area contributed by atoms with Crippen LogP contribution in [-0.4, -0.2) is 42.1 Å². The van der Waals surface area contributed by atoms with Crippen molar-refractivity contribution in [2.24, 2.45) is 0 Å². The van der Waals surface area contributed by atoms with Gasteiger partial charge in [-0.3, -0.25) is 0 Å². The Hall–Kier alpha value is -1.28. The number of hydrogen-bond acceptors (Lipinski definition) is 3. The molecule has 0 spiro atoms. The Morgan fingerprint density at radius 2 is 2.27 bits per heavy atom. The van der Waals surface area contributed by atoms with Crippen molar-refractivity contribution in [2.45, 2.75) is 32.4 Å². The molecule has 1 unspecified atom stereocenters. The minimum atomic E-state index is -0.360. The third-order valence-electron chi connectivity index (χ3n) is 2.14. The van der Waals surface area contributed by atoms with E-state index in [9.17, 15) is 4.79 Å². The lowest BCUT2D eigenvalue weighted by atomic mass is 10.1. The average Bonchev–Trinajstić information content (AvgIpc) is 2.15. The number of carbonyl (C=O) groups excluding carboxylic acids is 1. The molecule has 2 N–H and O–H groups in total. The summed E-state index contributed by atoms with van der Waals surface area (Å²) in [5.74, 6) is 0. The molecule has 1 heterocycles. The number of rotatable bonds is 0. The zero-order valence-corrected chi connectivity index (χ0v) is 9.50. The standard InChI is InChI=1S/C10H18N4O/c1-10(2,3)13-9(15)14-5-4-12-7-8(14)6-11/h8,12H,4-5,7H2,1-3H3,(H,13,15). The van der Waals surface area contributed by atoms with Gasteiger partial charge in [0.2, 0.25) is 0 Å². The highest BCUT2D eigenvalue weighted by Crippen LogP contribution is 2.06. The van der Waals surface area contributed by atoms with Crippen LogP contribution in [0.1, 0.15) is 20.8 Å². The molecule has 0 aliphatic carbocycles. The Kier molecular flexibility index (Phi) is 3.53. The van der Waals surface area contributed by atoms with Crippen LogP contribution in [0.5, 0.6) is 0 Å². The highest BCUT2D eigenvalue weighted by Gasteiger charge is 2.28. The lowest BCUT2D eigenvalue weighted by molar-refractivity contribution is 0.167. The van der Waals surface area contributed by atoms with Crippen molar-refractivity contribution in [3.05, 3.63) is 0 Å². The molecule has 0 radical (unpaired) electrons. The summed E-state index contributed by atoms with van der Waals surface area (Å²) in [5.41, 5.74) is -0.262.